The van der Waals surface area contributed by atoms with Crippen LogP contribution in [-0.2, 0) is 31.8 Å². The van der Waals surface area contributed by atoms with Crippen LogP contribution in [0.15, 0.2) is 83.9 Å². The van der Waals surface area contributed by atoms with Crippen LogP contribution >= 0.6 is 0 Å². The number of hydrogen-bond acceptors (Lipinski definition) is 7. The minimum Gasteiger partial charge on any atom is -0.494 e. The van der Waals surface area contributed by atoms with E-state index in [1.54, 1.807) is 69.3 Å². The molecule has 0 saturated heterocycles. The molecule has 0 aliphatic carbocycles. The van der Waals surface area contributed by atoms with Gasteiger partial charge in [0.05, 0.1) is 12.2 Å². The predicted octanol–water partition coefficient (Wildman–Crippen LogP) is 6.16. The number of nitrogens with one attached hydrogen (secondary N) is 1. The van der Waals surface area contributed by atoms with Crippen LogP contribution in [0.25, 0.3) is 0 Å². The van der Waals surface area contributed by atoms with E-state index in [9.17, 15) is 22.8 Å². The van der Waals surface area contributed by atoms with Crippen molar-refractivity contribution in [2.24, 2.45) is 4.99 Å². The maximum Gasteiger partial charge on any atom is 0.416 e. The van der Waals surface area contributed by atoms with Gasteiger partial charge in [-0.3, -0.25) is 9.59 Å². The van der Waals surface area contributed by atoms with Crippen molar-refractivity contribution in [3.8, 4) is 5.75 Å². The Morgan fingerprint density at radius 2 is 1.71 bits per heavy atom. The van der Waals surface area contributed by atoms with Crippen molar-refractivity contribution in [1.82, 2.24) is 5.32 Å². The van der Waals surface area contributed by atoms with E-state index in [2.05, 4.69) is 5.32 Å². The van der Waals surface area contributed by atoms with Gasteiger partial charge < -0.3 is 24.6 Å². The van der Waals surface area contributed by atoms with E-state index in [0.29, 0.717) is 29.9 Å². The Morgan fingerprint density at radius 3 is 2.36 bits per heavy atom. The number of rotatable bonds is 12. The standard InChI is InChI=1S/C34H37F3N2O6/c1-32(2,3)45-28(41)17-18-33(31(42)38-22-23-9-7-12-26(21-23)34(35,36)37)29(24-10-5-4-6-11-24)44-30(39-33)25-13-15-27(16-14-25)43-20-8-19-40/h4-7,9-16,21,29,40H,8,17-20,22H2,1-3H3,(H,38,42)/t29-,33-/m1/s1. The number of esters is 1. The van der Waals surface area contributed by atoms with Gasteiger partial charge in [-0.25, -0.2) is 4.99 Å². The zero-order chi connectivity index (χ0) is 32.7. The number of carbonyl (C=O) groups is 2. The summed E-state index contributed by atoms with van der Waals surface area (Å²) in [7, 11) is 0. The summed E-state index contributed by atoms with van der Waals surface area (Å²) in [5, 5.41) is 11.8. The molecule has 2 N–H and O–H groups in total. The van der Waals surface area contributed by atoms with Gasteiger partial charge in [0.25, 0.3) is 5.91 Å². The molecule has 1 aliphatic heterocycles. The largest absolute Gasteiger partial charge is 0.494 e. The fraction of sp³-hybridized carbons (Fsp3) is 0.382. The van der Waals surface area contributed by atoms with Crippen LogP contribution in [0.5, 0.6) is 5.75 Å². The number of carbonyl (C=O) groups excluding carboxylic acids is 2. The lowest BCUT2D eigenvalue weighted by atomic mass is 9.83. The third-order valence-electron chi connectivity index (χ3n) is 6.97. The van der Waals surface area contributed by atoms with Gasteiger partial charge in [0.1, 0.15) is 11.4 Å². The van der Waals surface area contributed by atoms with E-state index in [1.165, 1.54) is 12.1 Å². The summed E-state index contributed by atoms with van der Waals surface area (Å²) in [5.41, 5.74) is -1.82. The first kappa shape index (κ1) is 33.5. The number of nitrogens with zero attached hydrogens (tertiary/aromatic N) is 1. The van der Waals surface area contributed by atoms with Crippen molar-refractivity contribution in [2.45, 2.75) is 70.0 Å². The van der Waals surface area contributed by atoms with Gasteiger partial charge >= 0.3 is 12.1 Å². The van der Waals surface area contributed by atoms with Crippen molar-refractivity contribution in [2.75, 3.05) is 13.2 Å². The van der Waals surface area contributed by atoms with Crippen molar-refractivity contribution >= 4 is 17.8 Å². The van der Waals surface area contributed by atoms with Crippen LogP contribution < -0.4 is 10.1 Å². The molecule has 240 valence electrons. The van der Waals surface area contributed by atoms with Gasteiger partial charge in [-0.05, 0) is 74.7 Å². The summed E-state index contributed by atoms with van der Waals surface area (Å²) in [4.78, 5) is 31.8. The molecule has 0 spiro atoms. The Labute approximate surface area is 260 Å². The van der Waals surface area contributed by atoms with E-state index in [0.717, 1.165) is 12.1 Å². The van der Waals surface area contributed by atoms with E-state index in [4.69, 9.17) is 24.3 Å². The molecule has 45 heavy (non-hydrogen) atoms. The zero-order valence-corrected chi connectivity index (χ0v) is 25.4. The maximum atomic E-state index is 14.2. The molecule has 1 amide bonds. The number of alkyl halides is 3. The van der Waals surface area contributed by atoms with Gasteiger partial charge in [-0.15, -0.1) is 0 Å². The second-order valence-corrected chi connectivity index (χ2v) is 11.7. The number of ether oxygens (including phenoxy) is 3. The molecule has 4 rings (SSSR count). The van der Waals surface area contributed by atoms with Crippen LogP contribution in [-0.4, -0.2) is 47.2 Å². The molecule has 3 aromatic carbocycles. The average molecular weight is 627 g/mol. The van der Waals surface area contributed by atoms with E-state index >= 15 is 0 Å². The monoisotopic (exact) mass is 626 g/mol. The Bertz CT molecular complexity index is 1490. The van der Waals surface area contributed by atoms with Crippen molar-refractivity contribution in [3.05, 3.63) is 101 Å². The van der Waals surface area contributed by atoms with Gasteiger partial charge in [0, 0.05) is 31.6 Å². The summed E-state index contributed by atoms with van der Waals surface area (Å²) in [5.74, 6) is -0.423. The quantitative estimate of drug-likeness (QED) is 0.184. The summed E-state index contributed by atoms with van der Waals surface area (Å²) < 4.78 is 57.5. The summed E-state index contributed by atoms with van der Waals surface area (Å²) in [6.07, 6.45) is -5.29. The lowest BCUT2D eigenvalue weighted by Crippen LogP contribution is -2.48. The molecule has 0 bridgehead atoms. The maximum absolute atomic E-state index is 14.2. The second kappa shape index (κ2) is 14.2. The first-order valence-corrected chi connectivity index (χ1v) is 14.6. The fourth-order valence-electron chi connectivity index (χ4n) is 4.88. The van der Waals surface area contributed by atoms with Crippen molar-refractivity contribution in [3.63, 3.8) is 0 Å². The molecule has 0 unspecified atom stereocenters. The number of amides is 1. The summed E-state index contributed by atoms with van der Waals surface area (Å²) in [6, 6.07) is 20.5. The first-order valence-electron chi connectivity index (χ1n) is 14.6. The Kier molecular flexibility index (Phi) is 10.5. The minimum absolute atomic E-state index is 0.00477. The van der Waals surface area contributed by atoms with Gasteiger partial charge in [-0.1, -0.05) is 42.5 Å². The van der Waals surface area contributed by atoms with Crippen LogP contribution in [0.4, 0.5) is 13.2 Å². The van der Waals surface area contributed by atoms with Gasteiger partial charge in [0.15, 0.2) is 11.6 Å². The zero-order valence-electron chi connectivity index (χ0n) is 25.4. The highest BCUT2D eigenvalue weighted by molar-refractivity contribution is 6.01. The highest BCUT2D eigenvalue weighted by Gasteiger charge is 2.53. The van der Waals surface area contributed by atoms with Gasteiger partial charge in [0.2, 0.25) is 5.90 Å². The second-order valence-electron chi connectivity index (χ2n) is 11.7. The third-order valence-corrected chi connectivity index (χ3v) is 6.97. The molecule has 3 aromatic rings. The molecule has 0 fully saturated rings. The van der Waals surface area contributed by atoms with Crippen LogP contribution in [0, 0.1) is 0 Å². The molecular formula is C34H37F3N2O6. The highest BCUT2D eigenvalue weighted by Crippen LogP contribution is 2.43. The molecule has 11 heteroatoms. The number of aliphatic hydroxyl groups excluding tert-OH is 1. The topological polar surface area (TPSA) is 106 Å². The highest BCUT2D eigenvalue weighted by atomic mass is 19.4. The molecule has 2 atom stereocenters. The third kappa shape index (κ3) is 8.85. The van der Waals surface area contributed by atoms with E-state index in [1.807, 2.05) is 6.07 Å². The normalized spacial score (nSPS) is 18.1. The number of aliphatic hydroxyl groups is 1. The van der Waals surface area contributed by atoms with Crippen LogP contribution in [0.1, 0.15) is 68.4 Å². The SMILES string of the molecule is CC(C)(C)OC(=O)CC[C@@]1(C(=O)NCc2cccc(C(F)(F)F)c2)N=C(c2ccc(OCCCO)cc2)O[C@@H]1c1ccccc1. The van der Waals surface area contributed by atoms with Crippen LogP contribution in [0.3, 0.4) is 0 Å². The predicted molar refractivity (Wildman–Crippen MR) is 162 cm³/mol. The molecule has 0 radical (unpaired) electrons. The molecule has 1 aliphatic rings. The lowest BCUT2D eigenvalue weighted by Gasteiger charge is -2.31. The Morgan fingerprint density at radius 1 is 1.00 bits per heavy atom. The number of halogens is 3. The number of hydrogen-bond donors (Lipinski definition) is 2. The average Bonchev–Trinajstić information content (AvgIpc) is 3.40. The van der Waals surface area contributed by atoms with Crippen LogP contribution in [0.2, 0.25) is 0 Å². The number of benzene rings is 3. The van der Waals surface area contributed by atoms with Gasteiger partial charge in [-0.2, -0.15) is 13.2 Å². The van der Waals surface area contributed by atoms with Crippen molar-refractivity contribution < 1.29 is 42.1 Å². The first-order chi connectivity index (χ1) is 21.3. The summed E-state index contributed by atoms with van der Waals surface area (Å²) >= 11 is 0. The van der Waals surface area contributed by atoms with E-state index in [-0.39, 0.29) is 37.5 Å². The fourth-order valence-corrected chi connectivity index (χ4v) is 4.88. The lowest BCUT2D eigenvalue weighted by molar-refractivity contribution is -0.155. The van der Waals surface area contributed by atoms with E-state index < -0.39 is 40.9 Å². The Hall–Kier alpha value is -4.38. The number of aliphatic imine (C=N–C) groups is 1. The molecule has 0 aromatic heterocycles. The van der Waals surface area contributed by atoms with Crippen molar-refractivity contribution in [1.29, 1.82) is 0 Å². The summed E-state index contributed by atoms with van der Waals surface area (Å²) in [6.45, 7) is 5.35. The molecule has 1 heterocycles. The molecule has 0 saturated carbocycles. The Balaban J connectivity index is 1.70. The smallest absolute Gasteiger partial charge is 0.416 e. The minimum atomic E-state index is -4.54. The molecule has 8 nitrogen and oxygen atoms in total. The molecular weight excluding hydrogens is 589 g/mol.